The minimum absolute atomic E-state index is 0.0335. The largest absolute Gasteiger partial charge is 0.358 e. The molecule has 15 heavy (non-hydrogen) atoms. The molecule has 0 spiro atoms. The molecule has 3 heteroatoms. The first-order valence-electron chi connectivity index (χ1n) is 4.94. The second-order valence-corrected chi connectivity index (χ2v) is 4.09. The molecule has 0 aliphatic heterocycles. The number of hydrogen-bond donors (Lipinski definition) is 1. The number of aromatic amines is 1. The average Bonchev–Trinajstić information content (AvgIpc) is 2.19. The normalized spacial score (nSPS) is 10.9. The van der Waals surface area contributed by atoms with E-state index in [0.29, 0.717) is 10.4 Å². The van der Waals surface area contributed by atoms with E-state index < -0.39 is 0 Å². The highest BCUT2D eigenvalue weighted by molar-refractivity contribution is 6.31. The maximum atomic E-state index is 11.8. The Hall–Kier alpha value is -1.28. The van der Waals surface area contributed by atoms with Gasteiger partial charge in [-0.15, -0.1) is 0 Å². The Morgan fingerprint density at radius 3 is 2.73 bits per heavy atom. The van der Waals surface area contributed by atoms with Crippen LogP contribution in [-0.2, 0) is 6.42 Å². The first-order valence-corrected chi connectivity index (χ1v) is 5.31. The Morgan fingerprint density at radius 1 is 1.33 bits per heavy atom. The molecule has 0 unspecified atom stereocenters. The summed E-state index contributed by atoms with van der Waals surface area (Å²) >= 11 is 5.92. The number of hydrogen-bond acceptors (Lipinski definition) is 1. The van der Waals surface area contributed by atoms with Crippen LogP contribution in [0.3, 0.4) is 0 Å². The van der Waals surface area contributed by atoms with Crippen molar-refractivity contribution >= 4 is 22.5 Å². The van der Waals surface area contributed by atoms with E-state index in [0.717, 1.165) is 23.2 Å². The molecule has 0 bridgehead atoms. The lowest BCUT2D eigenvalue weighted by atomic mass is 10.1. The van der Waals surface area contributed by atoms with Crippen LogP contribution in [0.4, 0.5) is 0 Å². The molecule has 0 atom stereocenters. The molecule has 2 nitrogen and oxygen atoms in total. The van der Waals surface area contributed by atoms with Crippen LogP contribution >= 0.6 is 11.6 Å². The van der Waals surface area contributed by atoms with Crippen molar-refractivity contribution in [2.75, 3.05) is 0 Å². The molecular formula is C12H12ClNO. The first-order chi connectivity index (χ1) is 7.11. The average molecular weight is 222 g/mol. The molecule has 1 heterocycles. The highest BCUT2D eigenvalue weighted by Crippen LogP contribution is 2.19. The zero-order chi connectivity index (χ0) is 11.0. The molecule has 1 N–H and O–H groups in total. The molecule has 1 aromatic carbocycles. The van der Waals surface area contributed by atoms with E-state index in [1.54, 1.807) is 12.1 Å². The van der Waals surface area contributed by atoms with Gasteiger partial charge in [0.1, 0.15) is 0 Å². The summed E-state index contributed by atoms with van der Waals surface area (Å²) in [6.45, 7) is 3.96. The van der Waals surface area contributed by atoms with Gasteiger partial charge in [0, 0.05) is 22.2 Å². The van der Waals surface area contributed by atoms with Crippen molar-refractivity contribution in [3.63, 3.8) is 0 Å². The zero-order valence-electron chi connectivity index (χ0n) is 8.73. The van der Waals surface area contributed by atoms with Crippen LogP contribution in [0.2, 0.25) is 5.02 Å². The molecule has 0 amide bonds. The van der Waals surface area contributed by atoms with Crippen LogP contribution < -0.4 is 5.43 Å². The van der Waals surface area contributed by atoms with Crippen LogP contribution in [0.1, 0.15) is 18.2 Å². The summed E-state index contributed by atoms with van der Waals surface area (Å²) in [7, 11) is 0. The smallest absolute Gasteiger partial charge is 0.189 e. The second-order valence-electron chi connectivity index (χ2n) is 3.66. The van der Waals surface area contributed by atoms with Gasteiger partial charge in [0.25, 0.3) is 0 Å². The summed E-state index contributed by atoms with van der Waals surface area (Å²) in [6.07, 6.45) is 0.827. The van der Waals surface area contributed by atoms with Gasteiger partial charge in [-0.05, 0) is 31.0 Å². The van der Waals surface area contributed by atoms with Gasteiger partial charge in [0.05, 0.1) is 5.52 Å². The Morgan fingerprint density at radius 2 is 2.07 bits per heavy atom. The Balaban J connectivity index is 2.91. The van der Waals surface area contributed by atoms with Gasteiger partial charge < -0.3 is 4.98 Å². The highest BCUT2D eigenvalue weighted by Gasteiger charge is 2.05. The summed E-state index contributed by atoms with van der Waals surface area (Å²) in [4.78, 5) is 15.0. The Kier molecular flexibility index (Phi) is 2.53. The monoisotopic (exact) mass is 221 g/mol. The summed E-state index contributed by atoms with van der Waals surface area (Å²) < 4.78 is 0. The molecule has 0 saturated carbocycles. The highest BCUT2D eigenvalue weighted by atomic mass is 35.5. The standard InChI is InChI=1S/C12H12ClNO/c1-3-9-6-11(15)10-5-8(13)4-7(2)12(10)14-9/h4-6H,3H2,1-2H3,(H,14,15). The van der Waals surface area contributed by atoms with Gasteiger partial charge in [-0.3, -0.25) is 4.79 Å². The fourth-order valence-corrected chi connectivity index (χ4v) is 2.00. The molecular weight excluding hydrogens is 210 g/mol. The van der Waals surface area contributed by atoms with Crippen molar-refractivity contribution in [2.24, 2.45) is 0 Å². The predicted molar refractivity (Wildman–Crippen MR) is 63.7 cm³/mol. The number of fused-ring (bicyclic) bond motifs is 1. The number of rotatable bonds is 1. The molecule has 2 aromatic rings. The molecule has 0 radical (unpaired) electrons. The summed E-state index contributed by atoms with van der Waals surface area (Å²) in [6, 6.07) is 5.21. The maximum Gasteiger partial charge on any atom is 0.189 e. The van der Waals surface area contributed by atoms with Crippen LogP contribution in [0.15, 0.2) is 23.0 Å². The Labute approximate surface area is 92.9 Å². The van der Waals surface area contributed by atoms with Gasteiger partial charge in [0.2, 0.25) is 0 Å². The van der Waals surface area contributed by atoms with E-state index >= 15 is 0 Å². The molecule has 0 aliphatic carbocycles. The van der Waals surface area contributed by atoms with Crippen LogP contribution in [0.25, 0.3) is 10.9 Å². The van der Waals surface area contributed by atoms with E-state index in [4.69, 9.17) is 11.6 Å². The van der Waals surface area contributed by atoms with Crippen molar-refractivity contribution in [2.45, 2.75) is 20.3 Å². The number of H-pyrrole nitrogens is 1. The van der Waals surface area contributed by atoms with Gasteiger partial charge in [-0.25, -0.2) is 0 Å². The van der Waals surface area contributed by atoms with Crippen LogP contribution in [0.5, 0.6) is 0 Å². The minimum atomic E-state index is 0.0335. The molecule has 0 fully saturated rings. The number of aromatic nitrogens is 1. The number of pyridine rings is 1. The number of benzene rings is 1. The third-order valence-corrected chi connectivity index (χ3v) is 2.76. The molecule has 1 aromatic heterocycles. The quantitative estimate of drug-likeness (QED) is 0.789. The van der Waals surface area contributed by atoms with E-state index in [-0.39, 0.29) is 5.43 Å². The lowest BCUT2D eigenvalue weighted by Crippen LogP contribution is -2.05. The molecule has 2 rings (SSSR count). The maximum absolute atomic E-state index is 11.8. The summed E-state index contributed by atoms with van der Waals surface area (Å²) in [5.41, 5.74) is 2.89. The van der Waals surface area contributed by atoms with Gasteiger partial charge >= 0.3 is 0 Å². The zero-order valence-corrected chi connectivity index (χ0v) is 9.48. The molecule has 0 saturated heterocycles. The van der Waals surface area contributed by atoms with Crippen molar-refractivity contribution in [3.05, 3.63) is 44.7 Å². The fraction of sp³-hybridized carbons (Fsp3) is 0.250. The van der Waals surface area contributed by atoms with E-state index in [2.05, 4.69) is 4.98 Å². The van der Waals surface area contributed by atoms with Crippen molar-refractivity contribution in [1.82, 2.24) is 4.98 Å². The van der Waals surface area contributed by atoms with E-state index in [1.807, 2.05) is 19.9 Å². The van der Waals surface area contributed by atoms with Crippen LogP contribution in [0, 0.1) is 6.92 Å². The predicted octanol–water partition coefficient (Wildman–Crippen LogP) is 3.05. The van der Waals surface area contributed by atoms with Crippen molar-refractivity contribution in [1.29, 1.82) is 0 Å². The van der Waals surface area contributed by atoms with E-state index in [9.17, 15) is 4.79 Å². The van der Waals surface area contributed by atoms with Crippen molar-refractivity contribution in [3.8, 4) is 0 Å². The molecule has 78 valence electrons. The third-order valence-electron chi connectivity index (χ3n) is 2.54. The number of aryl methyl sites for hydroxylation is 2. The fourth-order valence-electron chi connectivity index (χ4n) is 1.73. The third kappa shape index (κ3) is 1.77. The number of halogens is 1. The van der Waals surface area contributed by atoms with Crippen LogP contribution in [-0.4, -0.2) is 4.98 Å². The van der Waals surface area contributed by atoms with Gasteiger partial charge in [0.15, 0.2) is 5.43 Å². The Bertz CT molecular complexity index is 572. The number of nitrogens with one attached hydrogen (secondary N) is 1. The minimum Gasteiger partial charge on any atom is -0.358 e. The molecule has 0 aliphatic rings. The topological polar surface area (TPSA) is 32.9 Å². The first kappa shape index (κ1) is 10.2. The lowest BCUT2D eigenvalue weighted by molar-refractivity contribution is 1.05. The van der Waals surface area contributed by atoms with Gasteiger partial charge in [-0.2, -0.15) is 0 Å². The van der Waals surface area contributed by atoms with Crippen molar-refractivity contribution < 1.29 is 0 Å². The van der Waals surface area contributed by atoms with E-state index in [1.165, 1.54) is 0 Å². The summed E-state index contributed by atoms with van der Waals surface area (Å²) in [5, 5.41) is 1.27. The summed E-state index contributed by atoms with van der Waals surface area (Å²) in [5.74, 6) is 0. The second kappa shape index (κ2) is 3.70. The lowest BCUT2D eigenvalue weighted by Gasteiger charge is -2.05. The van der Waals surface area contributed by atoms with Gasteiger partial charge in [-0.1, -0.05) is 18.5 Å². The SMILES string of the molecule is CCc1cc(=O)c2cc(Cl)cc(C)c2[nH]1.